The largest absolute Gasteiger partial charge is 0.469 e. The molecule has 142 valence electrons. The van der Waals surface area contributed by atoms with Gasteiger partial charge in [-0.1, -0.05) is 5.16 Å². The number of aromatic nitrogens is 2. The highest BCUT2D eigenvalue weighted by Gasteiger charge is 2.75. The van der Waals surface area contributed by atoms with Crippen molar-refractivity contribution in [1.29, 1.82) is 0 Å². The molecule has 4 fully saturated rings. The number of nitrogens with zero attached hydrogens (tertiary/aromatic N) is 2. The summed E-state index contributed by atoms with van der Waals surface area (Å²) < 4.78 is 10.4. The van der Waals surface area contributed by atoms with Crippen molar-refractivity contribution < 1.29 is 18.8 Å². The van der Waals surface area contributed by atoms with Crippen LogP contribution in [0.15, 0.2) is 4.52 Å². The van der Waals surface area contributed by atoms with Gasteiger partial charge in [-0.25, -0.2) is 0 Å². The Kier molecular flexibility index (Phi) is 3.39. The van der Waals surface area contributed by atoms with Crippen LogP contribution in [0.5, 0.6) is 0 Å². The van der Waals surface area contributed by atoms with Gasteiger partial charge in [0.25, 0.3) is 5.89 Å². The van der Waals surface area contributed by atoms with Crippen LogP contribution in [-0.4, -0.2) is 29.1 Å². The van der Waals surface area contributed by atoms with E-state index in [-0.39, 0.29) is 11.9 Å². The van der Waals surface area contributed by atoms with E-state index in [1.807, 2.05) is 13.8 Å². The number of carbonyl (C=O) groups excluding carboxylic acids is 2. The third-order valence-electron chi connectivity index (χ3n) is 6.34. The summed E-state index contributed by atoms with van der Waals surface area (Å²) in [5.41, 5.74) is 0.997. The van der Waals surface area contributed by atoms with Crippen molar-refractivity contribution >= 4 is 28.2 Å². The number of rotatable bonds is 5. The highest BCUT2D eigenvalue weighted by atomic mass is 32.1. The van der Waals surface area contributed by atoms with E-state index < -0.39 is 10.8 Å². The number of anilines is 1. The topological polar surface area (TPSA) is 94.3 Å². The summed E-state index contributed by atoms with van der Waals surface area (Å²) in [4.78, 5) is 30.4. The van der Waals surface area contributed by atoms with E-state index in [2.05, 4.69) is 15.5 Å². The third kappa shape index (κ3) is 2.32. The number of hydrogen-bond acceptors (Lipinski definition) is 7. The predicted molar refractivity (Wildman–Crippen MR) is 98.4 cm³/mol. The molecule has 7 nitrogen and oxygen atoms in total. The molecule has 2 aromatic rings. The Morgan fingerprint density at radius 2 is 1.93 bits per heavy atom. The fourth-order valence-electron chi connectivity index (χ4n) is 4.51. The molecule has 4 saturated carbocycles. The highest BCUT2D eigenvalue weighted by Crippen LogP contribution is 2.74. The van der Waals surface area contributed by atoms with Crippen molar-refractivity contribution in [2.75, 3.05) is 12.4 Å². The van der Waals surface area contributed by atoms with Gasteiger partial charge < -0.3 is 14.6 Å². The van der Waals surface area contributed by atoms with Gasteiger partial charge in [-0.2, -0.15) is 4.98 Å². The minimum atomic E-state index is -0.439. The molecule has 0 aromatic carbocycles. The maximum Gasteiger partial charge on any atom is 0.311 e. The molecule has 1 N–H and O–H groups in total. The maximum absolute atomic E-state index is 12.9. The molecule has 27 heavy (non-hydrogen) atoms. The Balaban J connectivity index is 1.38. The van der Waals surface area contributed by atoms with Crippen molar-refractivity contribution in [2.45, 2.75) is 51.9 Å². The number of methoxy groups -OCH3 is 1. The summed E-state index contributed by atoms with van der Waals surface area (Å²) in [6.45, 7) is 4.02. The number of carbonyl (C=O) groups is 2. The second-order valence-corrected chi connectivity index (χ2v) is 9.48. The van der Waals surface area contributed by atoms with Crippen LogP contribution in [0.4, 0.5) is 5.00 Å². The number of nitrogens with one attached hydrogen (secondary N) is 1. The van der Waals surface area contributed by atoms with E-state index in [1.54, 1.807) is 0 Å². The number of amides is 1. The van der Waals surface area contributed by atoms with Crippen LogP contribution in [0.25, 0.3) is 11.5 Å². The van der Waals surface area contributed by atoms with E-state index in [9.17, 15) is 9.59 Å². The summed E-state index contributed by atoms with van der Waals surface area (Å²) in [7, 11) is 1.40. The van der Waals surface area contributed by atoms with Crippen LogP contribution in [0.2, 0.25) is 0 Å². The first-order chi connectivity index (χ1) is 12.9. The number of hydrogen-bond donors (Lipinski definition) is 1. The SMILES string of the molecule is COC(=O)C12CC(C(=O)Nc3sc(C)c(C)c3-c3nc(C4CC4)no3)(C1)C2. The van der Waals surface area contributed by atoms with Gasteiger partial charge in [0.05, 0.1) is 23.5 Å². The smallest absolute Gasteiger partial charge is 0.311 e. The standard InChI is InChI=1S/C19H21N3O4S/c1-9-10(2)27-15(12(9)14-20-13(22-26-14)11-4-5-11)21-16(23)18-6-19(7-18,8-18)17(24)25-3/h11H,4-8H2,1-3H3,(H,21,23). The van der Waals surface area contributed by atoms with E-state index in [0.717, 1.165) is 39.7 Å². The lowest BCUT2D eigenvalue weighted by Gasteiger charge is -2.66. The Morgan fingerprint density at radius 3 is 2.56 bits per heavy atom. The highest BCUT2D eigenvalue weighted by molar-refractivity contribution is 7.17. The van der Waals surface area contributed by atoms with E-state index in [0.29, 0.717) is 31.1 Å². The fourth-order valence-corrected chi connectivity index (χ4v) is 5.56. The quantitative estimate of drug-likeness (QED) is 0.788. The molecule has 4 aliphatic rings. The first-order valence-corrected chi connectivity index (χ1v) is 10.0. The summed E-state index contributed by atoms with van der Waals surface area (Å²) >= 11 is 1.52. The molecule has 0 aliphatic heterocycles. The molecule has 0 saturated heterocycles. The van der Waals surface area contributed by atoms with Crippen molar-refractivity contribution in [2.24, 2.45) is 10.8 Å². The van der Waals surface area contributed by atoms with Crippen molar-refractivity contribution in [3.05, 3.63) is 16.3 Å². The van der Waals surface area contributed by atoms with Crippen LogP contribution in [0.3, 0.4) is 0 Å². The molecule has 8 heteroatoms. The molecule has 6 rings (SSSR count). The average Bonchev–Trinajstić information content (AvgIpc) is 3.23. The second kappa shape index (κ2) is 5.41. The Morgan fingerprint density at radius 1 is 1.22 bits per heavy atom. The zero-order chi connectivity index (χ0) is 19.0. The minimum Gasteiger partial charge on any atom is -0.469 e. The third-order valence-corrected chi connectivity index (χ3v) is 7.46. The van der Waals surface area contributed by atoms with Gasteiger partial charge >= 0.3 is 5.97 Å². The first kappa shape index (κ1) is 16.9. The molecule has 4 aliphatic carbocycles. The Hall–Kier alpha value is -2.22. The van der Waals surface area contributed by atoms with Crippen molar-refractivity contribution in [1.82, 2.24) is 10.1 Å². The number of esters is 1. The molecule has 0 unspecified atom stereocenters. The molecule has 1 amide bonds. The van der Waals surface area contributed by atoms with Crippen molar-refractivity contribution in [3.63, 3.8) is 0 Å². The van der Waals surface area contributed by atoms with Gasteiger partial charge in [0.2, 0.25) is 5.91 Å². The predicted octanol–water partition coefficient (Wildman–Crippen LogP) is 3.57. The van der Waals surface area contributed by atoms with Crippen LogP contribution < -0.4 is 5.32 Å². The summed E-state index contributed by atoms with van der Waals surface area (Å²) in [5, 5.41) is 7.93. The maximum atomic E-state index is 12.9. The van der Waals surface area contributed by atoms with Crippen molar-refractivity contribution in [3.8, 4) is 11.5 Å². The zero-order valence-corrected chi connectivity index (χ0v) is 16.4. The van der Waals surface area contributed by atoms with Crippen LogP contribution in [0.1, 0.15) is 54.3 Å². The van der Waals surface area contributed by atoms with Crippen LogP contribution in [0, 0.1) is 24.7 Å². The zero-order valence-electron chi connectivity index (χ0n) is 15.5. The fraction of sp³-hybridized carbons (Fsp3) is 0.579. The van der Waals surface area contributed by atoms with E-state index in [1.165, 1.54) is 18.4 Å². The molecular formula is C19H21N3O4S. The lowest BCUT2D eigenvalue weighted by atomic mass is 9.35. The average molecular weight is 387 g/mol. The van der Waals surface area contributed by atoms with E-state index >= 15 is 0 Å². The van der Waals surface area contributed by atoms with Gasteiger partial charge in [0.1, 0.15) is 5.00 Å². The molecule has 2 bridgehead atoms. The molecule has 0 spiro atoms. The van der Waals surface area contributed by atoms with Crippen LogP contribution in [-0.2, 0) is 14.3 Å². The van der Waals surface area contributed by atoms with Crippen LogP contribution >= 0.6 is 11.3 Å². The van der Waals surface area contributed by atoms with Gasteiger partial charge in [0.15, 0.2) is 5.82 Å². The monoisotopic (exact) mass is 387 g/mol. The summed E-state index contributed by atoms with van der Waals surface area (Å²) in [5.74, 6) is 1.41. The molecule has 2 heterocycles. The molecule has 2 aromatic heterocycles. The van der Waals surface area contributed by atoms with Gasteiger partial charge in [-0.15, -0.1) is 11.3 Å². The lowest BCUT2D eigenvalue weighted by Crippen LogP contribution is -2.69. The number of ether oxygens (including phenoxy) is 1. The van der Waals surface area contributed by atoms with E-state index in [4.69, 9.17) is 9.26 Å². The van der Waals surface area contributed by atoms with Gasteiger partial charge in [0, 0.05) is 10.8 Å². The summed E-state index contributed by atoms with van der Waals surface area (Å²) in [6, 6.07) is 0. The van der Waals surface area contributed by atoms with Gasteiger partial charge in [-0.05, 0) is 51.5 Å². The minimum absolute atomic E-state index is 0.0299. The molecular weight excluding hydrogens is 366 g/mol. The first-order valence-electron chi connectivity index (χ1n) is 9.21. The Labute approximate surface area is 160 Å². The molecule has 0 radical (unpaired) electrons. The van der Waals surface area contributed by atoms with Gasteiger partial charge in [-0.3, -0.25) is 9.59 Å². The lowest BCUT2D eigenvalue weighted by molar-refractivity contribution is -0.220. The molecule has 0 atom stereocenters. The number of aryl methyl sites for hydroxylation is 1. The Bertz CT molecular complexity index is 952. The number of thiophene rings is 1. The summed E-state index contributed by atoms with van der Waals surface area (Å²) in [6.07, 6.45) is 3.93. The second-order valence-electron chi connectivity index (χ2n) is 8.26. The normalized spacial score (nSPS) is 28.3.